The van der Waals surface area contributed by atoms with Crippen molar-refractivity contribution in [2.75, 3.05) is 6.61 Å². The van der Waals surface area contributed by atoms with Gasteiger partial charge in [-0.05, 0) is 50.5 Å². The minimum atomic E-state index is -0.465. The van der Waals surface area contributed by atoms with Gasteiger partial charge in [0.2, 0.25) is 0 Å². The molecule has 0 amide bonds. The van der Waals surface area contributed by atoms with Gasteiger partial charge >= 0.3 is 5.97 Å². The van der Waals surface area contributed by atoms with E-state index in [1.54, 1.807) is 0 Å². The van der Waals surface area contributed by atoms with E-state index in [0.29, 0.717) is 26.1 Å². The number of carbonyl (C=O) groups excluding carboxylic acids is 1. The SMILES string of the molecule is O=C1CC[C@H]([C@H]2CC[C@H]([C@@H]3CC[C@H]([C@H](O)CCCOCc4ccccc4)O3)O2)O1. The highest BCUT2D eigenvalue weighted by Crippen LogP contribution is 2.36. The Bertz CT molecular complexity index is 650. The molecule has 0 spiro atoms. The molecule has 0 unspecified atom stereocenters. The summed E-state index contributed by atoms with van der Waals surface area (Å²) in [5.74, 6) is -0.116. The van der Waals surface area contributed by atoms with Crippen LogP contribution in [0.15, 0.2) is 30.3 Å². The van der Waals surface area contributed by atoms with Crippen LogP contribution in [0.4, 0.5) is 0 Å². The van der Waals surface area contributed by atoms with Crippen molar-refractivity contribution in [2.24, 2.45) is 0 Å². The molecular weight excluding hydrogens is 372 g/mol. The first-order valence-electron chi connectivity index (χ1n) is 11.0. The maximum Gasteiger partial charge on any atom is 0.306 e. The Labute approximate surface area is 172 Å². The largest absolute Gasteiger partial charge is 0.460 e. The highest BCUT2D eigenvalue weighted by molar-refractivity contribution is 5.71. The quantitative estimate of drug-likeness (QED) is 0.503. The van der Waals surface area contributed by atoms with E-state index in [1.165, 1.54) is 0 Å². The van der Waals surface area contributed by atoms with Gasteiger partial charge in [-0.1, -0.05) is 30.3 Å². The Kier molecular flexibility index (Phi) is 7.19. The van der Waals surface area contributed by atoms with Crippen molar-refractivity contribution < 1.29 is 28.8 Å². The summed E-state index contributed by atoms with van der Waals surface area (Å²) in [7, 11) is 0. The highest BCUT2D eigenvalue weighted by atomic mass is 16.6. The molecule has 3 saturated heterocycles. The van der Waals surface area contributed by atoms with Crippen molar-refractivity contribution in [1.82, 2.24) is 0 Å². The average Bonchev–Trinajstić information content (AvgIpc) is 3.48. The maximum absolute atomic E-state index is 11.3. The first kappa shape index (κ1) is 20.8. The zero-order chi connectivity index (χ0) is 20.1. The summed E-state index contributed by atoms with van der Waals surface area (Å²) >= 11 is 0. The predicted octanol–water partition coefficient (Wildman–Crippen LogP) is 3.15. The van der Waals surface area contributed by atoms with Crippen LogP contribution in [0.25, 0.3) is 0 Å². The summed E-state index contributed by atoms with van der Waals surface area (Å²) in [4.78, 5) is 11.3. The van der Waals surface area contributed by atoms with Crippen LogP contribution in [0, 0.1) is 0 Å². The van der Waals surface area contributed by atoms with Gasteiger partial charge in [-0.2, -0.15) is 0 Å². The summed E-state index contributed by atoms with van der Waals surface area (Å²) in [6, 6.07) is 10.1. The number of cyclic esters (lactones) is 1. The Hall–Kier alpha value is -1.47. The molecule has 3 heterocycles. The molecule has 4 rings (SSSR count). The Morgan fingerprint density at radius 3 is 2.45 bits per heavy atom. The molecule has 3 aliphatic heterocycles. The summed E-state index contributed by atoms with van der Waals surface area (Å²) in [5, 5.41) is 10.5. The Balaban J connectivity index is 1.12. The lowest BCUT2D eigenvalue weighted by Gasteiger charge is -2.24. The number of hydrogen-bond acceptors (Lipinski definition) is 6. The molecule has 0 aromatic heterocycles. The van der Waals surface area contributed by atoms with Crippen molar-refractivity contribution >= 4 is 5.97 Å². The molecule has 0 saturated carbocycles. The fourth-order valence-electron chi connectivity index (χ4n) is 4.64. The topological polar surface area (TPSA) is 74.2 Å². The van der Waals surface area contributed by atoms with Crippen LogP contribution in [0.5, 0.6) is 0 Å². The van der Waals surface area contributed by atoms with Crippen molar-refractivity contribution in [2.45, 2.75) is 94.6 Å². The number of hydrogen-bond donors (Lipinski definition) is 1. The van der Waals surface area contributed by atoms with Gasteiger partial charge in [0.1, 0.15) is 6.10 Å². The maximum atomic E-state index is 11.3. The van der Waals surface area contributed by atoms with Crippen LogP contribution in [-0.4, -0.2) is 54.3 Å². The molecule has 160 valence electrons. The molecule has 0 bridgehead atoms. The Morgan fingerprint density at radius 1 is 0.966 bits per heavy atom. The molecule has 0 aliphatic carbocycles. The number of rotatable bonds is 9. The standard InChI is InChI=1S/C23H32O6/c24-17(7-4-14-26-15-16-5-2-1-3-6-16)18-8-9-19(27-18)20-10-11-21(28-20)22-12-13-23(25)29-22/h1-3,5-6,17-22,24H,4,7-15H2/t17-,18-,19+,20-,21-,22-/m1/s1. The van der Waals surface area contributed by atoms with Crippen molar-refractivity contribution in [3.05, 3.63) is 35.9 Å². The zero-order valence-electron chi connectivity index (χ0n) is 16.9. The minimum Gasteiger partial charge on any atom is -0.460 e. The van der Waals surface area contributed by atoms with Gasteiger partial charge in [-0.25, -0.2) is 0 Å². The number of aliphatic hydroxyl groups excluding tert-OH is 1. The van der Waals surface area contributed by atoms with E-state index in [0.717, 1.165) is 44.1 Å². The molecule has 3 aliphatic rings. The van der Waals surface area contributed by atoms with Gasteiger partial charge < -0.3 is 24.1 Å². The number of benzene rings is 1. The molecule has 3 fully saturated rings. The van der Waals surface area contributed by atoms with Crippen LogP contribution in [-0.2, 0) is 30.3 Å². The summed E-state index contributed by atoms with van der Waals surface area (Å²) in [5.41, 5.74) is 1.16. The van der Waals surface area contributed by atoms with Gasteiger partial charge in [0.25, 0.3) is 0 Å². The fraction of sp³-hybridized carbons (Fsp3) is 0.696. The van der Waals surface area contributed by atoms with Gasteiger partial charge in [0.05, 0.1) is 37.1 Å². The third-order valence-corrected chi connectivity index (χ3v) is 6.24. The first-order chi connectivity index (χ1) is 14.2. The van der Waals surface area contributed by atoms with Crippen molar-refractivity contribution in [3.8, 4) is 0 Å². The van der Waals surface area contributed by atoms with Gasteiger partial charge in [0, 0.05) is 13.0 Å². The normalized spacial score (nSPS) is 33.1. The van der Waals surface area contributed by atoms with E-state index < -0.39 is 6.10 Å². The second-order valence-corrected chi connectivity index (χ2v) is 8.40. The first-order valence-corrected chi connectivity index (χ1v) is 11.0. The molecular formula is C23H32O6. The van der Waals surface area contributed by atoms with E-state index in [9.17, 15) is 9.90 Å². The van der Waals surface area contributed by atoms with Crippen molar-refractivity contribution in [3.63, 3.8) is 0 Å². The van der Waals surface area contributed by atoms with E-state index in [1.807, 2.05) is 30.3 Å². The van der Waals surface area contributed by atoms with Crippen LogP contribution in [0.2, 0.25) is 0 Å². The second kappa shape index (κ2) is 10.0. The van der Waals surface area contributed by atoms with E-state index in [2.05, 4.69) is 0 Å². The average molecular weight is 405 g/mol. The number of carbonyl (C=O) groups is 1. The predicted molar refractivity (Wildman–Crippen MR) is 106 cm³/mol. The smallest absolute Gasteiger partial charge is 0.306 e. The molecule has 1 N–H and O–H groups in total. The van der Waals surface area contributed by atoms with Crippen LogP contribution < -0.4 is 0 Å². The molecule has 6 nitrogen and oxygen atoms in total. The van der Waals surface area contributed by atoms with E-state index >= 15 is 0 Å². The third kappa shape index (κ3) is 5.57. The number of esters is 1. The van der Waals surface area contributed by atoms with E-state index in [-0.39, 0.29) is 36.5 Å². The number of aliphatic hydroxyl groups is 1. The number of ether oxygens (including phenoxy) is 4. The van der Waals surface area contributed by atoms with Crippen LogP contribution in [0.1, 0.15) is 56.9 Å². The fourth-order valence-corrected chi connectivity index (χ4v) is 4.64. The lowest BCUT2D eigenvalue weighted by molar-refractivity contribution is -0.149. The van der Waals surface area contributed by atoms with Crippen molar-refractivity contribution in [1.29, 1.82) is 0 Å². The molecule has 1 aromatic rings. The summed E-state index contributed by atoms with van der Waals surface area (Å²) in [6.45, 7) is 1.24. The molecule has 6 atom stereocenters. The molecule has 29 heavy (non-hydrogen) atoms. The lowest BCUT2D eigenvalue weighted by atomic mass is 10.0. The van der Waals surface area contributed by atoms with Crippen LogP contribution >= 0.6 is 0 Å². The zero-order valence-corrected chi connectivity index (χ0v) is 16.9. The second-order valence-electron chi connectivity index (χ2n) is 8.40. The molecule has 6 heteroatoms. The molecule has 1 aromatic carbocycles. The molecule has 0 radical (unpaired) electrons. The minimum absolute atomic E-state index is 0.000729. The van der Waals surface area contributed by atoms with Crippen LogP contribution in [0.3, 0.4) is 0 Å². The summed E-state index contributed by atoms with van der Waals surface area (Å²) < 4.78 is 23.3. The Morgan fingerprint density at radius 2 is 1.69 bits per heavy atom. The van der Waals surface area contributed by atoms with Gasteiger partial charge in [0.15, 0.2) is 0 Å². The lowest BCUT2D eigenvalue weighted by Crippen LogP contribution is -2.33. The van der Waals surface area contributed by atoms with Gasteiger partial charge in [-0.15, -0.1) is 0 Å². The monoisotopic (exact) mass is 404 g/mol. The van der Waals surface area contributed by atoms with E-state index in [4.69, 9.17) is 18.9 Å². The third-order valence-electron chi connectivity index (χ3n) is 6.24. The van der Waals surface area contributed by atoms with Gasteiger partial charge in [-0.3, -0.25) is 4.79 Å². The highest BCUT2D eigenvalue weighted by Gasteiger charge is 2.43. The summed E-state index contributed by atoms with van der Waals surface area (Å²) in [6.07, 6.45) is 5.76.